The molecule has 0 aliphatic rings. The number of rotatable bonds is 5. The van der Waals surface area contributed by atoms with Crippen molar-refractivity contribution in [3.8, 4) is 0 Å². The fourth-order valence-corrected chi connectivity index (χ4v) is 1.85. The van der Waals surface area contributed by atoms with E-state index in [1.807, 2.05) is 25.1 Å². The number of para-hydroxylation sites is 1. The maximum atomic E-state index is 11.8. The quantitative estimate of drug-likeness (QED) is 0.809. The average Bonchev–Trinajstić information content (AvgIpc) is 2.79. The van der Waals surface area contributed by atoms with Gasteiger partial charge in [0.25, 0.3) is 5.91 Å². The molecule has 5 heteroatoms. The van der Waals surface area contributed by atoms with Crippen molar-refractivity contribution >= 4 is 22.8 Å². The summed E-state index contributed by atoms with van der Waals surface area (Å²) < 4.78 is 5.51. The maximum absolute atomic E-state index is 11.8. The lowest BCUT2D eigenvalue weighted by molar-refractivity contribution is -0.137. The van der Waals surface area contributed by atoms with Crippen LogP contribution in [0.4, 0.5) is 0 Å². The first-order valence-electron chi connectivity index (χ1n) is 6.07. The third-order valence-corrected chi connectivity index (χ3v) is 2.82. The second kappa shape index (κ2) is 5.56. The molecule has 0 saturated heterocycles. The van der Waals surface area contributed by atoms with Gasteiger partial charge in [-0.1, -0.05) is 18.2 Å². The van der Waals surface area contributed by atoms with Crippen molar-refractivity contribution in [3.05, 3.63) is 35.6 Å². The van der Waals surface area contributed by atoms with Gasteiger partial charge in [0.05, 0.1) is 0 Å². The molecule has 0 aliphatic carbocycles. The Morgan fingerprint density at radius 2 is 2.16 bits per heavy atom. The summed E-state index contributed by atoms with van der Waals surface area (Å²) in [5.74, 6) is -0.936. The Kier molecular flexibility index (Phi) is 3.85. The molecular weight excluding hydrogens is 246 g/mol. The number of hydrogen-bond donors (Lipinski definition) is 2. The van der Waals surface area contributed by atoms with Crippen molar-refractivity contribution in [2.75, 3.05) is 6.54 Å². The van der Waals surface area contributed by atoms with E-state index in [1.54, 1.807) is 6.07 Å². The Morgan fingerprint density at radius 3 is 2.84 bits per heavy atom. The number of aliphatic carboxylic acids is 1. The predicted molar refractivity (Wildman–Crippen MR) is 70.2 cm³/mol. The molecule has 2 aromatic rings. The summed E-state index contributed by atoms with van der Waals surface area (Å²) in [5, 5.41) is 12.0. The molecule has 0 spiro atoms. The number of carbonyl (C=O) groups is 2. The van der Waals surface area contributed by atoms with Crippen LogP contribution in [0.2, 0.25) is 0 Å². The summed E-state index contributed by atoms with van der Waals surface area (Å²) in [6.45, 7) is 2.24. The third kappa shape index (κ3) is 3.13. The highest BCUT2D eigenvalue weighted by atomic mass is 16.4. The second-order valence-electron chi connectivity index (χ2n) is 4.36. The Bertz CT molecular complexity index is 615. The van der Waals surface area contributed by atoms with Gasteiger partial charge in [0.1, 0.15) is 5.58 Å². The van der Waals surface area contributed by atoms with Crippen LogP contribution in [0.3, 0.4) is 0 Å². The molecule has 2 N–H and O–H groups in total. The number of nitrogens with one attached hydrogen (secondary N) is 1. The number of carbonyl (C=O) groups excluding carboxylic acids is 1. The summed E-state index contributed by atoms with van der Waals surface area (Å²) in [5.41, 5.74) is 1.68. The number of furan rings is 1. The van der Waals surface area contributed by atoms with Crippen molar-refractivity contribution in [2.45, 2.75) is 19.8 Å². The lowest BCUT2D eigenvalue weighted by Crippen LogP contribution is -2.24. The number of carboxylic acids is 1. The summed E-state index contributed by atoms with van der Waals surface area (Å²) in [6.07, 6.45) is 0.444. The molecule has 2 rings (SSSR count). The Morgan fingerprint density at radius 1 is 1.37 bits per heavy atom. The van der Waals surface area contributed by atoms with E-state index in [9.17, 15) is 9.59 Å². The number of carboxylic acid groups (broad SMARTS) is 1. The molecular formula is C14H15NO4. The molecule has 0 saturated carbocycles. The zero-order valence-electron chi connectivity index (χ0n) is 10.6. The number of benzene rings is 1. The van der Waals surface area contributed by atoms with Crippen LogP contribution in [0.15, 0.2) is 28.7 Å². The van der Waals surface area contributed by atoms with Crippen LogP contribution < -0.4 is 5.32 Å². The van der Waals surface area contributed by atoms with Gasteiger partial charge in [0.2, 0.25) is 0 Å². The molecule has 0 fully saturated rings. The minimum atomic E-state index is -0.867. The van der Waals surface area contributed by atoms with Crippen LogP contribution in [-0.2, 0) is 4.79 Å². The number of hydrogen-bond acceptors (Lipinski definition) is 3. The van der Waals surface area contributed by atoms with Crippen LogP contribution in [0.25, 0.3) is 11.0 Å². The van der Waals surface area contributed by atoms with Gasteiger partial charge in [-0.3, -0.25) is 9.59 Å². The van der Waals surface area contributed by atoms with Gasteiger partial charge < -0.3 is 14.8 Å². The Labute approximate surface area is 110 Å². The first-order chi connectivity index (χ1) is 9.08. The van der Waals surface area contributed by atoms with Crippen LogP contribution >= 0.6 is 0 Å². The molecule has 100 valence electrons. The summed E-state index contributed by atoms with van der Waals surface area (Å²) in [4.78, 5) is 22.2. The van der Waals surface area contributed by atoms with E-state index in [0.29, 0.717) is 18.5 Å². The van der Waals surface area contributed by atoms with Gasteiger partial charge in [-0.15, -0.1) is 0 Å². The van der Waals surface area contributed by atoms with Crippen LogP contribution in [-0.4, -0.2) is 23.5 Å². The van der Waals surface area contributed by atoms with E-state index in [-0.39, 0.29) is 18.1 Å². The molecule has 19 heavy (non-hydrogen) atoms. The molecule has 0 aliphatic heterocycles. The Balaban J connectivity index is 2.01. The lowest BCUT2D eigenvalue weighted by atomic mass is 10.2. The first kappa shape index (κ1) is 13.1. The van der Waals surface area contributed by atoms with E-state index in [4.69, 9.17) is 9.52 Å². The average molecular weight is 261 g/mol. The maximum Gasteiger partial charge on any atom is 0.303 e. The van der Waals surface area contributed by atoms with Gasteiger partial charge >= 0.3 is 5.97 Å². The predicted octanol–water partition coefficient (Wildman–Crippen LogP) is 2.34. The highest BCUT2D eigenvalue weighted by Gasteiger charge is 2.12. The molecule has 1 aromatic carbocycles. The van der Waals surface area contributed by atoms with Gasteiger partial charge in [0, 0.05) is 18.4 Å². The van der Waals surface area contributed by atoms with Gasteiger partial charge in [-0.25, -0.2) is 0 Å². The van der Waals surface area contributed by atoms with E-state index in [1.165, 1.54) is 0 Å². The molecule has 5 nitrogen and oxygen atoms in total. The van der Waals surface area contributed by atoms with Crippen LogP contribution in [0.1, 0.15) is 29.0 Å². The summed E-state index contributed by atoms with van der Waals surface area (Å²) >= 11 is 0. The highest BCUT2D eigenvalue weighted by Crippen LogP contribution is 2.22. The summed E-state index contributed by atoms with van der Waals surface area (Å²) in [7, 11) is 0. The fraction of sp³-hybridized carbons (Fsp3) is 0.286. The standard InChI is InChI=1S/C14H15NO4/c1-9-4-2-5-10-8-11(19-13(9)10)14(18)15-7-3-6-12(16)17/h2,4-5,8H,3,6-7H2,1H3,(H,15,18)(H,16,17). The fourth-order valence-electron chi connectivity index (χ4n) is 1.85. The van der Waals surface area contributed by atoms with Crippen LogP contribution in [0.5, 0.6) is 0 Å². The Hall–Kier alpha value is -2.30. The van der Waals surface area contributed by atoms with Gasteiger partial charge in [0.15, 0.2) is 5.76 Å². The number of aryl methyl sites for hydroxylation is 1. The van der Waals surface area contributed by atoms with Crippen LogP contribution in [0, 0.1) is 6.92 Å². The molecule has 1 amide bonds. The monoisotopic (exact) mass is 261 g/mol. The highest BCUT2D eigenvalue weighted by molar-refractivity contribution is 5.96. The zero-order valence-corrected chi connectivity index (χ0v) is 10.6. The largest absolute Gasteiger partial charge is 0.481 e. The van der Waals surface area contributed by atoms with Crippen molar-refractivity contribution in [1.82, 2.24) is 5.32 Å². The molecule has 0 unspecified atom stereocenters. The van der Waals surface area contributed by atoms with E-state index in [2.05, 4.69) is 5.32 Å². The normalized spacial score (nSPS) is 10.6. The molecule has 0 atom stereocenters. The lowest BCUT2D eigenvalue weighted by Gasteiger charge is -2.00. The topological polar surface area (TPSA) is 79.5 Å². The minimum absolute atomic E-state index is 0.0412. The third-order valence-electron chi connectivity index (χ3n) is 2.82. The minimum Gasteiger partial charge on any atom is -0.481 e. The molecule has 1 aromatic heterocycles. The molecule has 0 bridgehead atoms. The zero-order chi connectivity index (χ0) is 13.8. The summed E-state index contributed by atoms with van der Waals surface area (Å²) in [6, 6.07) is 7.39. The number of amides is 1. The SMILES string of the molecule is Cc1cccc2cc(C(=O)NCCCC(=O)O)oc12. The van der Waals surface area contributed by atoms with Crippen molar-refractivity contribution < 1.29 is 19.1 Å². The van der Waals surface area contributed by atoms with Crippen molar-refractivity contribution in [3.63, 3.8) is 0 Å². The number of fused-ring (bicyclic) bond motifs is 1. The second-order valence-corrected chi connectivity index (χ2v) is 4.36. The van der Waals surface area contributed by atoms with E-state index >= 15 is 0 Å². The molecule has 0 radical (unpaired) electrons. The first-order valence-corrected chi connectivity index (χ1v) is 6.07. The van der Waals surface area contributed by atoms with E-state index < -0.39 is 5.97 Å². The van der Waals surface area contributed by atoms with Gasteiger partial charge in [-0.2, -0.15) is 0 Å². The smallest absolute Gasteiger partial charge is 0.303 e. The van der Waals surface area contributed by atoms with Crippen molar-refractivity contribution in [2.24, 2.45) is 0 Å². The van der Waals surface area contributed by atoms with Crippen molar-refractivity contribution in [1.29, 1.82) is 0 Å². The van der Waals surface area contributed by atoms with E-state index in [0.717, 1.165) is 10.9 Å². The van der Waals surface area contributed by atoms with Gasteiger partial charge in [-0.05, 0) is 25.0 Å². The molecule has 1 heterocycles.